The summed E-state index contributed by atoms with van der Waals surface area (Å²) in [6.07, 6.45) is 0. The fourth-order valence-electron chi connectivity index (χ4n) is 2.99. The van der Waals surface area contributed by atoms with Gasteiger partial charge >= 0.3 is 0 Å². The summed E-state index contributed by atoms with van der Waals surface area (Å²) in [6.45, 7) is 1.62. The highest BCUT2D eigenvalue weighted by Crippen LogP contribution is 2.40. The van der Waals surface area contributed by atoms with Crippen LogP contribution in [0.5, 0.6) is 0 Å². The maximum Gasteiger partial charge on any atom is 0.275 e. The van der Waals surface area contributed by atoms with Crippen LogP contribution in [0.1, 0.15) is 6.92 Å². The van der Waals surface area contributed by atoms with Crippen molar-refractivity contribution in [1.29, 1.82) is 0 Å². The van der Waals surface area contributed by atoms with Crippen LogP contribution in [0, 0.1) is 0 Å². The highest BCUT2D eigenvalue weighted by atomic mass is 32.1. The van der Waals surface area contributed by atoms with Gasteiger partial charge in [0.1, 0.15) is 16.3 Å². The fraction of sp³-hybridized carbons (Fsp3) is 0.0526. The van der Waals surface area contributed by atoms with Gasteiger partial charge in [-0.05, 0) is 40.8 Å². The summed E-state index contributed by atoms with van der Waals surface area (Å²) in [7, 11) is 0. The first-order valence-corrected chi connectivity index (χ1v) is 11.0. The number of anilines is 1. The molecule has 138 valence electrons. The molecule has 0 atom stereocenters. The molecule has 6 nitrogen and oxygen atoms in total. The zero-order valence-electron chi connectivity index (χ0n) is 14.5. The number of hydrogen-bond acceptors (Lipinski definition) is 8. The first kappa shape index (κ1) is 17.2. The number of aromatic nitrogens is 2. The Morgan fingerprint density at radius 3 is 2.61 bits per heavy atom. The topological polar surface area (TPSA) is 84.0 Å². The van der Waals surface area contributed by atoms with Crippen molar-refractivity contribution in [2.75, 3.05) is 5.32 Å². The van der Waals surface area contributed by atoms with Gasteiger partial charge in [-0.15, -0.1) is 22.7 Å². The molecule has 0 aliphatic carbocycles. The number of amides is 2. The summed E-state index contributed by atoms with van der Waals surface area (Å²) in [6, 6.07) is 5.94. The van der Waals surface area contributed by atoms with E-state index < -0.39 is 5.91 Å². The minimum atomic E-state index is -0.445. The Bertz CT molecular complexity index is 1250. The second kappa shape index (κ2) is 6.62. The van der Waals surface area contributed by atoms with Crippen molar-refractivity contribution in [1.82, 2.24) is 15.3 Å². The third-order valence-corrected chi connectivity index (χ3v) is 6.84. The van der Waals surface area contributed by atoms with E-state index in [4.69, 9.17) is 9.97 Å². The lowest BCUT2D eigenvalue weighted by molar-refractivity contribution is -0.124. The number of rotatable bonds is 4. The lowest BCUT2D eigenvalue weighted by Crippen LogP contribution is -2.24. The molecule has 0 saturated heterocycles. The number of carbonyl (C=O) groups excluding carboxylic acids is 2. The molecule has 0 bridgehead atoms. The zero-order valence-corrected chi connectivity index (χ0v) is 16.9. The normalized spacial score (nSPS) is 14.2. The van der Waals surface area contributed by atoms with Crippen LogP contribution in [-0.2, 0) is 9.59 Å². The van der Waals surface area contributed by atoms with Gasteiger partial charge in [0.05, 0.1) is 10.3 Å². The Morgan fingerprint density at radius 2 is 1.93 bits per heavy atom. The number of nitrogens with zero attached hydrogens (tertiary/aromatic N) is 2. The van der Waals surface area contributed by atoms with Crippen LogP contribution < -0.4 is 10.6 Å². The van der Waals surface area contributed by atoms with Gasteiger partial charge in [0.2, 0.25) is 0 Å². The molecule has 1 aliphatic rings. The number of nitrogens with one attached hydrogen (secondary N) is 2. The van der Waals surface area contributed by atoms with Crippen LogP contribution in [0.15, 0.2) is 51.0 Å². The Morgan fingerprint density at radius 1 is 1.04 bits per heavy atom. The Hall–Kier alpha value is -2.88. The van der Waals surface area contributed by atoms with Crippen molar-refractivity contribution in [3.8, 4) is 21.8 Å². The van der Waals surface area contributed by atoms with Gasteiger partial charge in [-0.1, -0.05) is 6.07 Å². The van der Waals surface area contributed by atoms with Crippen LogP contribution >= 0.6 is 34.0 Å². The monoisotopic (exact) mass is 424 g/mol. The molecule has 0 radical (unpaired) electrons. The number of imide groups is 1. The number of hydrogen-bond donors (Lipinski definition) is 2. The molecule has 5 heterocycles. The van der Waals surface area contributed by atoms with Crippen molar-refractivity contribution in [2.45, 2.75) is 6.92 Å². The van der Waals surface area contributed by atoms with Crippen LogP contribution in [0.3, 0.4) is 0 Å². The predicted molar refractivity (Wildman–Crippen MR) is 114 cm³/mol. The van der Waals surface area contributed by atoms with Crippen molar-refractivity contribution < 1.29 is 9.59 Å². The van der Waals surface area contributed by atoms with E-state index in [2.05, 4.69) is 16.0 Å². The minimum Gasteiger partial charge on any atom is -0.335 e. The van der Waals surface area contributed by atoms with Crippen molar-refractivity contribution >= 4 is 61.9 Å². The van der Waals surface area contributed by atoms with Gasteiger partial charge in [-0.25, -0.2) is 9.97 Å². The average molecular weight is 425 g/mol. The summed E-state index contributed by atoms with van der Waals surface area (Å²) in [5, 5.41) is 14.4. The largest absolute Gasteiger partial charge is 0.335 e. The molecule has 0 saturated carbocycles. The van der Waals surface area contributed by atoms with Gasteiger partial charge in [0, 0.05) is 16.5 Å². The maximum atomic E-state index is 12.2. The van der Waals surface area contributed by atoms with Crippen LogP contribution in [0.4, 0.5) is 5.82 Å². The average Bonchev–Trinajstić information content (AvgIpc) is 3.46. The van der Waals surface area contributed by atoms with Crippen molar-refractivity contribution in [3.63, 3.8) is 0 Å². The van der Waals surface area contributed by atoms with Crippen molar-refractivity contribution in [3.05, 3.63) is 51.0 Å². The Balaban J connectivity index is 1.73. The summed E-state index contributed by atoms with van der Waals surface area (Å²) >= 11 is 4.70. The molecular weight excluding hydrogens is 412 g/mol. The van der Waals surface area contributed by atoms with Gasteiger partial charge in [0.25, 0.3) is 11.8 Å². The first-order valence-electron chi connectivity index (χ1n) is 8.31. The minimum absolute atomic E-state index is 0.226. The molecule has 1 aliphatic heterocycles. The number of carbonyl (C=O) groups is 2. The summed E-state index contributed by atoms with van der Waals surface area (Å²) in [4.78, 5) is 35.3. The molecule has 4 aromatic rings. The first-order chi connectivity index (χ1) is 13.6. The molecule has 0 aromatic carbocycles. The van der Waals surface area contributed by atoms with E-state index in [1.54, 1.807) is 29.6 Å². The molecule has 0 spiro atoms. The lowest BCUT2D eigenvalue weighted by Gasteiger charge is -2.10. The van der Waals surface area contributed by atoms with Crippen molar-refractivity contribution in [2.24, 2.45) is 0 Å². The van der Waals surface area contributed by atoms with E-state index in [0.29, 0.717) is 17.2 Å². The van der Waals surface area contributed by atoms with Gasteiger partial charge in [0.15, 0.2) is 5.82 Å². The SMILES string of the molecule is CC1=C(Nc2nc(-c3cccs3)nc3scc(-c4ccsc4)c23)C(=O)NC1=O. The second-order valence-electron chi connectivity index (χ2n) is 6.12. The Kier molecular flexibility index (Phi) is 4.08. The quantitative estimate of drug-likeness (QED) is 0.472. The van der Waals surface area contributed by atoms with Gasteiger partial charge < -0.3 is 5.32 Å². The summed E-state index contributed by atoms with van der Waals surface area (Å²) < 4.78 is 0. The molecule has 2 amide bonds. The van der Waals surface area contributed by atoms with Gasteiger partial charge in [-0.3, -0.25) is 14.9 Å². The molecule has 0 fully saturated rings. The number of fused-ring (bicyclic) bond motifs is 1. The maximum absolute atomic E-state index is 12.2. The highest BCUT2D eigenvalue weighted by Gasteiger charge is 2.28. The fourth-order valence-corrected chi connectivity index (χ4v) is 5.25. The molecule has 9 heteroatoms. The second-order valence-corrected chi connectivity index (χ2v) is 8.71. The van der Waals surface area contributed by atoms with E-state index in [0.717, 1.165) is 26.2 Å². The van der Waals surface area contributed by atoms with Crippen LogP contribution in [0.25, 0.3) is 32.0 Å². The number of thiophene rings is 3. The van der Waals surface area contributed by atoms with Crippen LogP contribution in [-0.4, -0.2) is 21.8 Å². The summed E-state index contributed by atoms with van der Waals surface area (Å²) in [5.41, 5.74) is 2.65. The molecule has 0 unspecified atom stereocenters. The molecule has 5 rings (SSSR count). The van der Waals surface area contributed by atoms with E-state index in [1.165, 1.54) is 11.3 Å². The zero-order chi connectivity index (χ0) is 19.3. The highest BCUT2D eigenvalue weighted by molar-refractivity contribution is 7.17. The van der Waals surface area contributed by atoms with Gasteiger partial charge in [-0.2, -0.15) is 11.3 Å². The van der Waals surface area contributed by atoms with E-state index in [-0.39, 0.29) is 11.6 Å². The van der Waals surface area contributed by atoms with Crippen LogP contribution in [0.2, 0.25) is 0 Å². The smallest absolute Gasteiger partial charge is 0.275 e. The Labute approximate surface area is 171 Å². The third kappa shape index (κ3) is 2.75. The van der Waals surface area contributed by atoms with E-state index in [1.807, 2.05) is 34.3 Å². The standard InChI is InChI=1S/C19H12N4O2S3/c1-9-14(18(25)23-17(9)24)20-16-13-11(10-4-6-26-7-10)8-28-19(13)22-15(21-16)12-3-2-5-27-12/h2-8H,1H3,(H2,20,21,22,23,24,25). The molecule has 4 aromatic heterocycles. The molecular formula is C19H12N4O2S3. The predicted octanol–water partition coefficient (Wildman–Crippen LogP) is 4.49. The summed E-state index contributed by atoms with van der Waals surface area (Å²) in [5.74, 6) is 0.278. The molecule has 2 N–H and O–H groups in total. The third-order valence-electron chi connectivity index (χ3n) is 4.42. The van der Waals surface area contributed by atoms with E-state index >= 15 is 0 Å². The lowest BCUT2D eigenvalue weighted by atomic mass is 10.1. The van der Waals surface area contributed by atoms with E-state index in [9.17, 15) is 9.59 Å². The molecule has 28 heavy (non-hydrogen) atoms.